The topological polar surface area (TPSA) is 162 Å². The Morgan fingerprint density at radius 1 is 0.422 bits per heavy atom. The Kier molecular flexibility index (Phi) is 38.0. The lowest BCUT2D eigenvalue weighted by molar-refractivity contribution is 0.281. The van der Waals surface area contributed by atoms with Gasteiger partial charge in [0.05, 0.1) is 73.2 Å². The van der Waals surface area contributed by atoms with Gasteiger partial charge in [-0.05, 0) is 164 Å². The normalized spacial score (nSPS) is 10.3. The molecule has 7 heterocycles. The molecule has 5 aromatic carbocycles. The minimum atomic E-state index is -0.205. The van der Waals surface area contributed by atoms with Gasteiger partial charge in [-0.25, -0.2) is 44.0 Å². The highest BCUT2D eigenvalue weighted by molar-refractivity contribution is 5.49. The smallest absolute Gasteiger partial charge is 0.150 e. The van der Waals surface area contributed by atoms with Crippen LogP contribution in [0, 0.1) is 40.4 Å². The zero-order chi connectivity index (χ0) is 69.8. The van der Waals surface area contributed by atoms with Crippen LogP contribution in [0.5, 0.6) is 5.75 Å². The molecular formula is C85H123FN14O2. The Morgan fingerprint density at radius 2 is 0.853 bits per heavy atom. The van der Waals surface area contributed by atoms with Crippen molar-refractivity contribution in [2.24, 2.45) is 0 Å². The Morgan fingerprint density at radius 3 is 1.26 bits per heavy atom. The number of pyridine rings is 1. The van der Waals surface area contributed by atoms with Gasteiger partial charge in [0.1, 0.15) is 35.7 Å². The van der Waals surface area contributed by atoms with Gasteiger partial charge in [-0.15, -0.1) is 0 Å². The summed E-state index contributed by atoms with van der Waals surface area (Å²) < 4.78 is 30.7. The molecular weight excluding hydrogens is 1270 g/mol. The fourth-order valence-corrected chi connectivity index (χ4v) is 10.1. The van der Waals surface area contributed by atoms with Gasteiger partial charge in [0.15, 0.2) is 5.82 Å². The van der Waals surface area contributed by atoms with Crippen LogP contribution < -0.4 is 4.74 Å². The van der Waals surface area contributed by atoms with Crippen molar-refractivity contribution in [2.45, 2.75) is 218 Å². The quantitative estimate of drug-likeness (QED) is 0.105. The zero-order valence-corrected chi connectivity index (χ0v) is 59.8. The molecule has 0 unspecified atom stereocenters. The van der Waals surface area contributed by atoms with E-state index in [1.807, 2.05) is 116 Å². The van der Waals surface area contributed by atoms with Gasteiger partial charge in [0.2, 0.25) is 0 Å². The van der Waals surface area contributed by atoms with Crippen molar-refractivity contribution in [2.75, 3.05) is 7.11 Å². The molecule has 1 N–H and O–H groups in total. The van der Waals surface area contributed by atoms with Gasteiger partial charge in [0, 0.05) is 66.7 Å². The summed E-state index contributed by atoms with van der Waals surface area (Å²) in [5.74, 6) is 5.37. The zero-order valence-electron chi connectivity index (χ0n) is 59.8. The molecule has 0 aliphatic carbocycles. The maximum absolute atomic E-state index is 13.9. The molecule has 102 heavy (non-hydrogen) atoms. The van der Waals surface area contributed by atoms with E-state index in [4.69, 9.17) is 4.74 Å². The SMILES string of the molecule is C.C.C.C.C.C.CC(C)c1ccc(-n2ccnc2)c(CO)c1.CCc1ncn(-c2ccc(C(C)C)cc2OC)n1.Cc1cn(-c2ccc(C(C)C)cc2)cn1.Cc1cn(-c2ccc(C(C)C)cc2C)cn1.Cc1cn(-c2ccc(C(C)C)cc2F)cn1.Cc1cn(-c2ccc(C(C)C)cn2)cn1. The van der Waals surface area contributed by atoms with Crippen molar-refractivity contribution >= 4 is 0 Å². The van der Waals surface area contributed by atoms with Crippen LogP contribution in [0.2, 0.25) is 0 Å². The highest BCUT2D eigenvalue weighted by atomic mass is 19.1. The average Bonchev–Trinajstić information content (AvgIpc) is 1.47. The van der Waals surface area contributed by atoms with E-state index in [1.165, 1.54) is 44.8 Å². The van der Waals surface area contributed by atoms with Crippen molar-refractivity contribution in [3.05, 3.63) is 269 Å². The summed E-state index contributed by atoms with van der Waals surface area (Å²) in [6.45, 7) is 38.0. The van der Waals surface area contributed by atoms with E-state index in [0.29, 0.717) is 41.2 Å². The first kappa shape index (κ1) is 90.1. The minimum Gasteiger partial charge on any atom is -0.494 e. The number of benzene rings is 5. The van der Waals surface area contributed by atoms with Crippen LogP contribution in [0.3, 0.4) is 0 Å². The lowest BCUT2D eigenvalue weighted by Crippen LogP contribution is -2.01. The number of nitrogens with zero attached hydrogens (tertiary/aromatic N) is 14. The maximum atomic E-state index is 13.9. The molecule has 7 aromatic heterocycles. The molecule has 0 bridgehead atoms. The van der Waals surface area contributed by atoms with Crippen molar-refractivity contribution in [1.29, 1.82) is 0 Å². The van der Waals surface area contributed by atoms with Gasteiger partial charge < -0.3 is 28.1 Å². The largest absolute Gasteiger partial charge is 0.494 e. The molecule has 16 nitrogen and oxygen atoms in total. The Bertz CT molecular complexity index is 4110. The highest BCUT2D eigenvalue weighted by Crippen LogP contribution is 2.29. The third-order valence-electron chi connectivity index (χ3n) is 16.2. The second-order valence-electron chi connectivity index (χ2n) is 25.8. The van der Waals surface area contributed by atoms with E-state index in [0.717, 1.165) is 69.1 Å². The first-order chi connectivity index (χ1) is 45.9. The van der Waals surface area contributed by atoms with Gasteiger partial charge in [-0.3, -0.25) is 4.57 Å². The molecule has 0 saturated carbocycles. The molecule has 0 radical (unpaired) electrons. The molecule has 12 aromatic rings. The van der Waals surface area contributed by atoms with Gasteiger partial charge in [0.25, 0.3) is 0 Å². The molecule has 552 valence electrons. The van der Waals surface area contributed by atoms with Gasteiger partial charge >= 0.3 is 0 Å². The molecule has 0 spiro atoms. The van der Waals surface area contributed by atoms with E-state index >= 15 is 0 Å². The van der Waals surface area contributed by atoms with E-state index in [1.54, 1.807) is 60.0 Å². The van der Waals surface area contributed by atoms with E-state index in [9.17, 15) is 9.50 Å². The number of aliphatic hydroxyl groups is 1. The van der Waals surface area contributed by atoms with Crippen LogP contribution in [0.15, 0.2) is 191 Å². The lowest BCUT2D eigenvalue weighted by Gasteiger charge is -2.12. The maximum Gasteiger partial charge on any atom is 0.150 e. The van der Waals surface area contributed by atoms with E-state index in [2.05, 4.69) is 214 Å². The number of methoxy groups -OCH3 is 1. The van der Waals surface area contributed by atoms with Crippen LogP contribution in [0.1, 0.15) is 243 Å². The van der Waals surface area contributed by atoms with Crippen LogP contribution in [-0.2, 0) is 13.0 Å². The lowest BCUT2D eigenvalue weighted by atomic mass is 10.00. The number of ether oxygens (including phenoxy) is 1. The van der Waals surface area contributed by atoms with Gasteiger partial charge in [-0.2, -0.15) is 5.10 Å². The number of rotatable bonds is 15. The monoisotopic (exact) mass is 1390 g/mol. The van der Waals surface area contributed by atoms with Crippen molar-refractivity contribution in [1.82, 2.24) is 67.5 Å². The molecule has 12 rings (SSSR count). The predicted octanol–water partition coefficient (Wildman–Crippen LogP) is 22.3. The van der Waals surface area contributed by atoms with Crippen LogP contribution in [-0.4, -0.2) is 79.7 Å². The number of imidazole rings is 5. The Hall–Kier alpha value is -9.87. The molecule has 0 atom stereocenters. The summed E-state index contributed by atoms with van der Waals surface area (Å²) in [5, 5.41) is 13.8. The summed E-state index contributed by atoms with van der Waals surface area (Å²) in [6.07, 6.45) is 24.8. The van der Waals surface area contributed by atoms with Crippen LogP contribution in [0.4, 0.5) is 4.39 Å². The average molecular weight is 1390 g/mol. The summed E-state index contributed by atoms with van der Waals surface area (Å²) in [4.78, 5) is 29.4. The number of hydrogen-bond acceptors (Lipinski definition) is 10. The molecule has 0 fully saturated rings. The van der Waals surface area contributed by atoms with E-state index < -0.39 is 0 Å². The molecule has 0 aliphatic rings. The third-order valence-corrected chi connectivity index (χ3v) is 16.2. The first-order valence-electron chi connectivity index (χ1n) is 33.2. The van der Waals surface area contributed by atoms with Crippen molar-refractivity contribution < 1.29 is 14.2 Å². The number of hydrogen-bond donors (Lipinski definition) is 1. The number of aryl methyl sites for hydroxylation is 6. The Balaban J connectivity index is 0.000000605. The predicted molar refractivity (Wildman–Crippen MR) is 427 cm³/mol. The standard InChI is InChI=1S/C14H19N3O.C14H18N2.C13H15FN2.C13H16N2O.C13H16N2.C12H15N3.6CH4/c1-5-14-15-9-17(16-14)12-7-6-11(10(2)3)8-13(12)18-4;1-10(2)13-5-6-14(11(3)7-13)16-8-12(4)15-9-16;1-9(2)11-4-5-13(12(14)6-11)16-7-10(3)15-8-16;1-10(2)11-3-4-13(12(7-11)8-16)15-6-5-14-9-15;1-10(2)12-4-6-13(7-5-12)15-8-11(3)14-9-15;1-9(2)11-4-5-12(13-6-11)15-7-10(3)14-8-15;;;;;;/h6-10H,5H2,1-4H3;5-10H,1-4H3;4-9H,1-3H3;3-7,9-10,16H,8H2,1-2H3;4-10H,1-3H3;4-9H,1-3H3;6*1H4. The van der Waals surface area contributed by atoms with E-state index in [-0.39, 0.29) is 57.0 Å². The minimum absolute atomic E-state index is 0. The molecule has 0 saturated heterocycles. The number of aromatic nitrogens is 14. The molecule has 0 aliphatic heterocycles. The number of aliphatic hydroxyl groups excluding tert-OH is 1. The Labute approximate surface area is 612 Å². The highest BCUT2D eigenvalue weighted by Gasteiger charge is 2.13. The van der Waals surface area contributed by atoms with Crippen LogP contribution in [0.25, 0.3) is 34.3 Å². The third kappa shape index (κ3) is 25.3. The summed E-state index contributed by atoms with van der Waals surface area (Å²) in [6, 6.07) is 37.1. The van der Waals surface area contributed by atoms with Gasteiger partial charge in [-0.1, -0.05) is 189 Å². The fraction of sp³-hybridized carbons (Fsp3) is 0.388. The molecule has 17 heteroatoms. The van der Waals surface area contributed by atoms with Crippen molar-refractivity contribution in [3.63, 3.8) is 0 Å². The fourth-order valence-electron chi connectivity index (χ4n) is 10.1. The number of halogens is 1. The summed E-state index contributed by atoms with van der Waals surface area (Å²) in [5.41, 5.74) is 18.6. The summed E-state index contributed by atoms with van der Waals surface area (Å²) >= 11 is 0. The van der Waals surface area contributed by atoms with Crippen molar-refractivity contribution in [3.8, 4) is 40.0 Å². The second-order valence-corrected chi connectivity index (χ2v) is 25.8. The first-order valence-corrected chi connectivity index (χ1v) is 33.2. The second kappa shape index (κ2) is 43.1. The van der Waals surface area contributed by atoms with Crippen LogP contribution >= 0.6 is 0 Å². The summed E-state index contributed by atoms with van der Waals surface area (Å²) in [7, 11) is 1.68. The molecule has 0 amide bonds.